The summed E-state index contributed by atoms with van der Waals surface area (Å²) in [7, 11) is 0. The van der Waals surface area contributed by atoms with Crippen molar-refractivity contribution in [2.24, 2.45) is 0 Å². The zero-order valence-electron chi connectivity index (χ0n) is 9.21. The molecule has 0 aromatic heterocycles. The second-order valence-corrected chi connectivity index (χ2v) is 3.57. The first-order valence-electron chi connectivity index (χ1n) is 5.23. The number of aliphatic carboxylic acids is 1. The predicted octanol–water partition coefficient (Wildman–Crippen LogP) is 1.52. The summed E-state index contributed by atoms with van der Waals surface area (Å²) in [5, 5.41) is 18.7. The molecule has 1 heterocycles. The van der Waals surface area contributed by atoms with Crippen molar-refractivity contribution < 1.29 is 24.5 Å². The lowest BCUT2D eigenvalue weighted by Crippen LogP contribution is -2.25. The minimum absolute atomic E-state index is 0.0568. The van der Waals surface area contributed by atoms with Gasteiger partial charge in [-0.2, -0.15) is 0 Å². The normalized spacial score (nSPS) is 15.6. The number of rotatable bonds is 3. The quantitative estimate of drug-likeness (QED) is 0.832. The molecule has 2 N–H and O–H groups in total. The molecule has 0 bridgehead atoms. The van der Waals surface area contributed by atoms with Crippen molar-refractivity contribution in [1.82, 2.24) is 0 Å². The van der Waals surface area contributed by atoms with Crippen LogP contribution in [0.4, 0.5) is 0 Å². The van der Waals surface area contributed by atoms with E-state index in [1.807, 2.05) is 0 Å². The molecule has 0 saturated carbocycles. The molecule has 90 valence electrons. The first-order valence-corrected chi connectivity index (χ1v) is 5.23. The number of benzene rings is 1. The van der Waals surface area contributed by atoms with E-state index in [9.17, 15) is 9.90 Å². The third-order valence-electron chi connectivity index (χ3n) is 2.39. The Balaban J connectivity index is 2.42. The summed E-state index contributed by atoms with van der Waals surface area (Å²) in [5.41, 5.74) is 0. The second-order valence-electron chi connectivity index (χ2n) is 3.57. The van der Waals surface area contributed by atoms with Crippen LogP contribution in [0.1, 0.15) is 13.3 Å². The van der Waals surface area contributed by atoms with Gasteiger partial charge in [-0.15, -0.1) is 0 Å². The van der Waals surface area contributed by atoms with E-state index in [2.05, 4.69) is 0 Å². The summed E-state index contributed by atoms with van der Waals surface area (Å²) in [6.07, 6.45) is -0.646. The highest BCUT2D eigenvalue weighted by atomic mass is 16.6. The van der Waals surface area contributed by atoms with Gasteiger partial charge in [0.05, 0.1) is 0 Å². The molecule has 0 saturated heterocycles. The highest BCUT2D eigenvalue weighted by Crippen LogP contribution is 2.35. The monoisotopic (exact) mass is 236 g/mol. The van der Waals surface area contributed by atoms with E-state index in [1.54, 1.807) is 31.2 Å². The average Bonchev–Trinajstić information content (AvgIpc) is 2.36. The van der Waals surface area contributed by atoms with Gasteiger partial charge in [-0.3, -0.25) is 0 Å². The van der Waals surface area contributed by atoms with Gasteiger partial charge in [0.2, 0.25) is 0 Å². The highest BCUT2D eigenvalue weighted by molar-refractivity contribution is 5.86. The fourth-order valence-corrected chi connectivity index (χ4v) is 1.50. The van der Waals surface area contributed by atoms with Crippen molar-refractivity contribution in [2.45, 2.75) is 19.4 Å². The molecule has 1 unspecified atom stereocenters. The maximum absolute atomic E-state index is 11.0. The van der Waals surface area contributed by atoms with E-state index in [4.69, 9.17) is 14.6 Å². The zero-order valence-corrected chi connectivity index (χ0v) is 9.21. The van der Waals surface area contributed by atoms with Gasteiger partial charge in [0.25, 0.3) is 5.76 Å². The number of fused-ring (bicyclic) bond motifs is 1. The Morgan fingerprint density at radius 1 is 1.29 bits per heavy atom. The molecule has 1 atom stereocenters. The third kappa shape index (κ3) is 2.09. The van der Waals surface area contributed by atoms with E-state index in [1.165, 1.54) is 0 Å². The largest absolute Gasteiger partial charge is 0.475 e. The van der Waals surface area contributed by atoms with Gasteiger partial charge in [-0.05, 0) is 18.6 Å². The van der Waals surface area contributed by atoms with Gasteiger partial charge in [0.15, 0.2) is 17.3 Å². The molecule has 1 aromatic carbocycles. The van der Waals surface area contributed by atoms with E-state index in [-0.39, 0.29) is 11.5 Å². The van der Waals surface area contributed by atoms with Crippen LogP contribution in [0.3, 0.4) is 0 Å². The lowest BCUT2D eigenvalue weighted by atomic mass is 10.2. The van der Waals surface area contributed by atoms with E-state index in [0.29, 0.717) is 17.9 Å². The number of hydrogen-bond acceptors (Lipinski definition) is 4. The molecular weight excluding hydrogens is 224 g/mol. The van der Waals surface area contributed by atoms with Crippen molar-refractivity contribution >= 4 is 5.97 Å². The highest BCUT2D eigenvalue weighted by Gasteiger charge is 2.30. The van der Waals surface area contributed by atoms with Crippen LogP contribution in [0, 0.1) is 0 Å². The van der Waals surface area contributed by atoms with Gasteiger partial charge < -0.3 is 19.7 Å². The zero-order chi connectivity index (χ0) is 12.4. The van der Waals surface area contributed by atoms with Crippen LogP contribution >= 0.6 is 0 Å². The molecule has 0 aliphatic carbocycles. The van der Waals surface area contributed by atoms with Crippen LogP contribution in [0.25, 0.3) is 0 Å². The summed E-state index contributed by atoms with van der Waals surface area (Å²) in [6, 6.07) is 6.70. The summed E-state index contributed by atoms with van der Waals surface area (Å²) in [5.74, 6) is -0.948. The van der Waals surface area contributed by atoms with Crippen LogP contribution in [-0.2, 0) is 4.79 Å². The Bertz CT molecular complexity index is 478. The minimum atomic E-state index is -1.26. The number of carboxylic acid groups (broad SMARTS) is 1. The Labute approximate surface area is 97.9 Å². The number of ether oxygens (including phenoxy) is 2. The van der Waals surface area contributed by atoms with Gasteiger partial charge in [0, 0.05) is 0 Å². The number of aliphatic hydroxyl groups is 1. The lowest BCUT2D eigenvalue weighted by Gasteiger charge is -2.23. The summed E-state index contributed by atoms with van der Waals surface area (Å²) in [4.78, 5) is 11.0. The van der Waals surface area contributed by atoms with Gasteiger partial charge in [0.1, 0.15) is 6.10 Å². The number of carboxylic acids is 1. The van der Waals surface area contributed by atoms with Gasteiger partial charge in [-0.25, -0.2) is 4.79 Å². The first-order chi connectivity index (χ1) is 8.13. The Morgan fingerprint density at radius 3 is 2.41 bits per heavy atom. The first kappa shape index (κ1) is 11.5. The summed E-state index contributed by atoms with van der Waals surface area (Å²) >= 11 is 0. The van der Waals surface area contributed by atoms with Crippen molar-refractivity contribution in [3.05, 3.63) is 35.8 Å². The fourth-order valence-electron chi connectivity index (χ4n) is 1.50. The number of aliphatic hydroxyl groups excluding tert-OH is 1. The maximum Gasteiger partial charge on any atom is 0.375 e. The molecule has 2 rings (SSSR count). The smallest absolute Gasteiger partial charge is 0.375 e. The summed E-state index contributed by atoms with van der Waals surface area (Å²) in [6.45, 7) is 1.72. The average molecular weight is 236 g/mol. The van der Waals surface area contributed by atoms with Crippen LogP contribution in [0.5, 0.6) is 11.5 Å². The van der Waals surface area contributed by atoms with E-state index < -0.39 is 12.1 Å². The molecule has 1 aliphatic heterocycles. The van der Waals surface area contributed by atoms with Crippen molar-refractivity contribution in [3.63, 3.8) is 0 Å². The van der Waals surface area contributed by atoms with Gasteiger partial charge in [-0.1, -0.05) is 19.1 Å². The standard InChI is InChI=1S/C12H12O5/c1-2-7(13)10-11(12(14)15)17-9-6-4-3-5-8(9)16-10/h3-7,13H,2H2,1H3,(H,14,15). The van der Waals surface area contributed by atoms with Crippen LogP contribution < -0.4 is 9.47 Å². The summed E-state index contributed by atoms with van der Waals surface area (Å²) < 4.78 is 10.6. The number of hydrogen-bond donors (Lipinski definition) is 2. The van der Waals surface area contributed by atoms with Crippen molar-refractivity contribution in [2.75, 3.05) is 0 Å². The van der Waals surface area contributed by atoms with Crippen LogP contribution in [0.2, 0.25) is 0 Å². The fraction of sp³-hybridized carbons (Fsp3) is 0.250. The van der Waals surface area contributed by atoms with Crippen LogP contribution in [-0.4, -0.2) is 22.3 Å². The molecule has 0 spiro atoms. The predicted molar refractivity (Wildman–Crippen MR) is 58.7 cm³/mol. The third-order valence-corrected chi connectivity index (χ3v) is 2.39. The number of carbonyl (C=O) groups is 1. The molecule has 1 aliphatic rings. The molecule has 0 amide bonds. The maximum atomic E-state index is 11.0. The molecule has 0 radical (unpaired) electrons. The SMILES string of the molecule is CCC(O)C1=C(C(=O)O)Oc2ccccc2O1. The Hall–Kier alpha value is -2.01. The van der Waals surface area contributed by atoms with Crippen LogP contribution in [0.15, 0.2) is 35.8 Å². The number of para-hydroxylation sites is 2. The Kier molecular flexibility index (Phi) is 3.01. The van der Waals surface area contributed by atoms with E-state index >= 15 is 0 Å². The lowest BCUT2D eigenvalue weighted by molar-refractivity contribution is -0.135. The minimum Gasteiger partial charge on any atom is -0.475 e. The van der Waals surface area contributed by atoms with Crippen molar-refractivity contribution in [1.29, 1.82) is 0 Å². The second kappa shape index (κ2) is 4.47. The molecule has 5 heteroatoms. The molecule has 0 fully saturated rings. The molecule has 1 aromatic rings. The van der Waals surface area contributed by atoms with E-state index in [0.717, 1.165) is 0 Å². The molecule has 5 nitrogen and oxygen atoms in total. The molecular formula is C12H12O5. The molecule has 17 heavy (non-hydrogen) atoms. The Morgan fingerprint density at radius 2 is 1.88 bits per heavy atom. The van der Waals surface area contributed by atoms with Crippen molar-refractivity contribution in [3.8, 4) is 11.5 Å². The topological polar surface area (TPSA) is 76.0 Å². The van der Waals surface area contributed by atoms with Gasteiger partial charge >= 0.3 is 5.97 Å².